The van der Waals surface area contributed by atoms with Crippen LogP contribution in [0.1, 0.15) is 0 Å². The minimum atomic E-state index is -0.254. The standard InChI is InChI=1S/C14H12BrFO2/c1-17-13-7-11(12(15)8-14(13)18-2)9-3-5-10(16)6-4-9/h3-8H,1-2H3. The molecule has 2 nitrogen and oxygen atoms in total. The highest BCUT2D eigenvalue weighted by Crippen LogP contribution is 2.38. The first-order valence-electron chi connectivity index (χ1n) is 5.33. The smallest absolute Gasteiger partial charge is 0.161 e. The number of halogens is 2. The van der Waals surface area contributed by atoms with Crippen LogP contribution in [0.2, 0.25) is 0 Å². The lowest BCUT2D eigenvalue weighted by Crippen LogP contribution is -1.92. The summed E-state index contributed by atoms with van der Waals surface area (Å²) in [4.78, 5) is 0. The fourth-order valence-corrected chi connectivity index (χ4v) is 2.26. The lowest BCUT2D eigenvalue weighted by atomic mass is 10.1. The van der Waals surface area contributed by atoms with E-state index in [-0.39, 0.29) is 5.82 Å². The van der Waals surface area contributed by atoms with Gasteiger partial charge in [0, 0.05) is 4.47 Å². The summed E-state index contributed by atoms with van der Waals surface area (Å²) in [7, 11) is 3.17. The van der Waals surface area contributed by atoms with E-state index < -0.39 is 0 Å². The van der Waals surface area contributed by atoms with Gasteiger partial charge in [-0.1, -0.05) is 28.1 Å². The van der Waals surface area contributed by atoms with E-state index in [4.69, 9.17) is 9.47 Å². The average molecular weight is 311 g/mol. The molecule has 0 N–H and O–H groups in total. The molecule has 4 heteroatoms. The third-order valence-corrected chi connectivity index (χ3v) is 3.28. The highest BCUT2D eigenvalue weighted by atomic mass is 79.9. The molecule has 0 radical (unpaired) electrons. The van der Waals surface area contributed by atoms with E-state index in [1.165, 1.54) is 12.1 Å². The molecule has 0 spiro atoms. The molecule has 0 aliphatic heterocycles. The molecule has 0 saturated heterocycles. The summed E-state index contributed by atoms with van der Waals surface area (Å²) in [6.45, 7) is 0. The fraction of sp³-hybridized carbons (Fsp3) is 0.143. The molecule has 0 bridgehead atoms. The Morgan fingerprint density at radius 1 is 0.944 bits per heavy atom. The number of hydrogen-bond donors (Lipinski definition) is 0. The van der Waals surface area contributed by atoms with Crippen molar-refractivity contribution in [2.45, 2.75) is 0 Å². The van der Waals surface area contributed by atoms with Crippen LogP contribution in [0.4, 0.5) is 4.39 Å². The van der Waals surface area contributed by atoms with E-state index in [1.807, 2.05) is 12.1 Å². The van der Waals surface area contributed by atoms with Crippen LogP contribution in [-0.2, 0) is 0 Å². The monoisotopic (exact) mass is 310 g/mol. The van der Waals surface area contributed by atoms with Crippen molar-refractivity contribution in [1.29, 1.82) is 0 Å². The maximum absolute atomic E-state index is 12.9. The van der Waals surface area contributed by atoms with Crippen molar-refractivity contribution < 1.29 is 13.9 Å². The number of benzene rings is 2. The molecule has 0 heterocycles. The van der Waals surface area contributed by atoms with Crippen molar-refractivity contribution >= 4 is 15.9 Å². The van der Waals surface area contributed by atoms with Gasteiger partial charge < -0.3 is 9.47 Å². The van der Waals surface area contributed by atoms with Crippen molar-refractivity contribution in [2.75, 3.05) is 14.2 Å². The van der Waals surface area contributed by atoms with Crippen LogP contribution in [0.3, 0.4) is 0 Å². The molecule has 0 amide bonds. The first-order valence-corrected chi connectivity index (χ1v) is 6.12. The molecule has 2 aromatic rings. The molecular weight excluding hydrogens is 299 g/mol. The molecule has 0 aliphatic carbocycles. The maximum Gasteiger partial charge on any atom is 0.161 e. The highest BCUT2D eigenvalue weighted by Gasteiger charge is 2.11. The molecule has 0 unspecified atom stereocenters. The van der Waals surface area contributed by atoms with Crippen LogP contribution in [0.15, 0.2) is 40.9 Å². The maximum atomic E-state index is 12.9. The second-order valence-electron chi connectivity index (χ2n) is 3.69. The van der Waals surface area contributed by atoms with Gasteiger partial charge in [-0.3, -0.25) is 0 Å². The Bertz CT molecular complexity index is 552. The zero-order chi connectivity index (χ0) is 13.1. The second-order valence-corrected chi connectivity index (χ2v) is 4.55. The largest absolute Gasteiger partial charge is 0.493 e. The van der Waals surface area contributed by atoms with Crippen molar-refractivity contribution in [1.82, 2.24) is 0 Å². The van der Waals surface area contributed by atoms with E-state index in [9.17, 15) is 4.39 Å². The third-order valence-electron chi connectivity index (χ3n) is 2.63. The van der Waals surface area contributed by atoms with Crippen molar-refractivity contribution in [3.8, 4) is 22.6 Å². The van der Waals surface area contributed by atoms with Gasteiger partial charge in [0.15, 0.2) is 11.5 Å². The number of rotatable bonds is 3. The zero-order valence-corrected chi connectivity index (χ0v) is 11.6. The predicted octanol–water partition coefficient (Wildman–Crippen LogP) is 4.27. The Labute approximate surface area is 113 Å². The van der Waals surface area contributed by atoms with Crippen LogP contribution < -0.4 is 9.47 Å². The molecule has 0 saturated carbocycles. The van der Waals surface area contributed by atoms with Gasteiger partial charge in [0.25, 0.3) is 0 Å². The van der Waals surface area contributed by atoms with Crippen LogP contribution >= 0.6 is 15.9 Å². The first-order chi connectivity index (χ1) is 8.65. The van der Waals surface area contributed by atoms with E-state index in [2.05, 4.69) is 15.9 Å². The number of ether oxygens (including phenoxy) is 2. The van der Waals surface area contributed by atoms with Crippen molar-refractivity contribution in [3.05, 3.63) is 46.7 Å². The van der Waals surface area contributed by atoms with E-state index >= 15 is 0 Å². The van der Waals surface area contributed by atoms with Crippen LogP contribution in [-0.4, -0.2) is 14.2 Å². The van der Waals surface area contributed by atoms with E-state index in [0.717, 1.165) is 15.6 Å². The van der Waals surface area contributed by atoms with Gasteiger partial charge in [-0.25, -0.2) is 4.39 Å². The summed E-state index contributed by atoms with van der Waals surface area (Å²) in [5, 5.41) is 0. The molecule has 2 aromatic carbocycles. The minimum absolute atomic E-state index is 0.254. The van der Waals surface area contributed by atoms with Gasteiger partial charge in [0.05, 0.1) is 14.2 Å². The van der Waals surface area contributed by atoms with E-state index in [0.29, 0.717) is 11.5 Å². The quantitative estimate of drug-likeness (QED) is 0.842. The Morgan fingerprint density at radius 2 is 1.50 bits per heavy atom. The highest BCUT2D eigenvalue weighted by molar-refractivity contribution is 9.10. The van der Waals surface area contributed by atoms with Crippen LogP contribution in [0, 0.1) is 5.82 Å². The summed E-state index contributed by atoms with van der Waals surface area (Å²) in [5.74, 6) is 1.03. The van der Waals surface area contributed by atoms with Gasteiger partial charge in [0.1, 0.15) is 5.82 Å². The Balaban J connectivity index is 2.54. The Morgan fingerprint density at radius 3 is 2.06 bits per heavy atom. The molecule has 0 aromatic heterocycles. The lowest BCUT2D eigenvalue weighted by molar-refractivity contribution is 0.355. The number of hydrogen-bond acceptors (Lipinski definition) is 2. The van der Waals surface area contributed by atoms with Gasteiger partial charge >= 0.3 is 0 Å². The first kappa shape index (κ1) is 12.9. The molecule has 0 atom stereocenters. The minimum Gasteiger partial charge on any atom is -0.493 e. The molecule has 2 rings (SSSR count). The molecule has 18 heavy (non-hydrogen) atoms. The van der Waals surface area contributed by atoms with Gasteiger partial charge in [-0.05, 0) is 35.4 Å². The summed E-state index contributed by atoms with van der Waals surface area (Å²) < 4.78 is 24.2. The van der Waals surface area contributed by atoms with Crippen molar-refractivity contribution in [2.24, 2.45) is 0 Å². The Hall–Kier alpha value is -1.55. The summed E-state index contributed by atoms with van der Waals surface area (Å²) in [6.07, 6.45) is 0. The number of methoxy groups -OCH3 is 2. The summed E-state index contributed by atoms with van der Waals surface area (Å²) >= 11 is 3.48. The summed E-state index contributed by atoms with van der Waals surface area (Å²) in [5.41, 5.74) is 1.83. The Kier molecular flexibility index (Phi) is 3.87. The zero-order valence-electron chi connectivity index (χ0n) is 10.0. The molecular formula is C14H12BrFO2. The van der Waals surface area contributed by atoms with Gasteiger partial charge in [0.2, 0.25) is 0 Å². The third kappa shape index (κ3) is 2.48. The SMILES string of the molecule is COc1cc(Br)c(-c2ccc(F)cc2)cc1OC. The summed E-state index contributed by atoms with van der Waals surface area (Å²) in [6, 6.07) is 9.99. The fourth-order valence-electron chi connectivity index (χ4n) is 1.70. The van der Waals surface area contributed by atoms with Gasteiger partial charge in [-0.15, -0.1) is 0 Å². The average Bonchev–Trinajstić information content (AvgIpc) is 2.39. The topological polar surface area (TPSA) is 18.5 Å². The normalized spacial score (nSPS) is 10.2. The van der Waals surface area contributed by atoms with E-state index in [1.54, 1.807) is 26.4 Å². The molecule has 0 aliphatic rings. The van der Waals surface area contributed by atoms with Crippen molar-refractivity contribution in [3.63, 3.8) is 0 Å². The molecule has 0 fully saturated rings. The predicted molar refractivity (Wildman–Crippen MR) is 72.6 cm³/mol. The van der Waals surface area contributed by atoms with Crippen LogP contribution in [0.25, 0.3) is 11.1 Å². The molecule has 94 valence electrons. The lowest BCUT2D eigenvalue weighted by Gasteiger charge is -2.12. The van der Waals surface area contributed by atoms with Gasteiger partial charge in [-0.2, -0.15) is 0 Å². The second kappa shape index (κ2) is 5.40. The van der Waals surface area contributed by atoms with Crippen LogP contribution in [0.5, 0.6) is 11.5 Å².